The van der Waals surface area contributed by atoms with Gasteiger partial charge in [0, 0.05) is 6.04 Å². The predicted molar refractivity (Wildman–Crippen MR) is 36.0 cm³/mol. The number of urea groups is 1. The maximum absolute atomic E-state index is 11.7. The van der Waals surface area contributed by atoms with Crippen molar-refractivity contribution in [2.45, 2.75) is 25.6 Å². The summed E-state index contributed by atoms with van der Waals surface area (Å²) in [6, 6.07) is -1.81. The van der Waals surface area contributed by atoms with E-state index in [1.807, 2.05) is 5.32 Å². The summed E-state index contributed by atoms with van der Waals surface area (Å²) in [7, 11) is 0. The lowest BCUT2D eigenvalue weighted by Gasteiger charge is -2.14. The van der Waals surface area contributed by atoms with E-state index in [-0.39, 0.29) is 0 Å². The molecular formula is C5H10F3N3O. The summed E-state index contributed by atoms with van der Waals surface area (Å²) < 4.78 is 35.0. The van der Waals surface area contributed by atoms with Gasteiger partial charge in [0.1, 0.15) is 0 Å². The van der Waals surface area contributed by atoms with Gasteiger partial charge in [-0.15, -0.1) is 0 Å². The largest absolute Gasteiger partial charge is 0.391 e. The van der Waals surface area contributed by atoms with E-state index in [2.05, 4.69) is 5.84 Å². The van der Waals surface area contributed by atoms with Crippen molar-refractivity contribution in [2.75, 3.05) is 0 Å². The van der Waals surface area contributed by atoms with Gasteiger partial charge < -0.3 is 5.32 Å². The van der Waals surface area contributed by atoms with Crippen LogP contribution in [0.2, 0.25) is 0 Å². The summed E-state index contributed by atoms with van der Waals surface area (Å²) in [4.78, 5) is 10.4. The van der Waals surface area contributed by atoms with E-state index in [0.29, 0.717) is 0 Å². The number of carbonyl (C=O) groups excluding carboxylic acids is 1. The first-order chi connectivity index (χ1) is 5.35. The highest BCUT2D eigenvalue weighted by molar-refractivity contribution is 5.73. The molecule has 12 heavy (non-hydrogen) atoms. The quantitative estimate of drug-likeness (QED) is 0.333. The minimum absolute atomic E-state index is 0.827. The van der Waals surface area contributed by atoms with Gasteiger partial charge in [-0.1, -0.05) is 0 Å². The lowest BCUT2D eigenvalue weighted by atomic mass is 10.2. The third-order valence-electron chi connectivity index (χ3n) is 1.05. The maximum atomic E-state index is 11.7. The van der Waals surface area contributed by atoms with E-state index in [1.54, 1.807) is 5.43 Å². The van der Waals surface area contributed by atoms with Gasteiger partial charge in [0.15, 0.2) is 0 Å². The van der Waals surface area contributed by atoms with Gasteiger partial charge in [0.05, 0.1) is 6.42 Å². The molecule has 0 aromatic carbocycles. The molecule has 0 fully saturated rings. The first kappa shape index (κ1) is 11.0. The maximum Gasteiger partial charge on any atom is 0.391 e. The van der Waals surface area contributed by atoms with Crippen LogP contribution >= 0.6 is 0 Å². The zero-order valence-electron chi connectivity index (χ0n) is 6.40. The minimum Gasteiger partial charge on any atom is -0.334 e. The molecule has 0 aromatic heterocycles. The summed E-state index contributed by atoms with van der Waals surface area (Å²) in [5, 5.41) is 1.99. The van der Waals surface area contributed by atoms with Gasteiger partial charge in [-0.2, -0.15) is 13.2 Å². The van der Waals surface area contributed by atoms with Gasteiger partial charge in [-0.3, -0.25) is 5.43 Å². The zero-order valence-corrected chi connectivity index (χ0v) is 6.40. The van der Waals surface area contributed by atoms with Crippen LogP contribution in [0.4, 0.5) is 18.0 Å². The fraction of sp³-hybridized carbons (Fsp3) is 0.800. The van der Waals surface area contributed by atoms with E-state index < -0.39 is 24.7 Å². The van der Waals surface area contributed by atoms with Gasteiger partial charge in [-0.05, 0) is 6.92 Å². The normalized spacial score (nSPS) is 13.8. The first-order valence-corrected chi connectivity index (χ1v) is 3.19. The molecule has 4 nitrogen and oxygen atoms in total. The van der Waals surface area contributed by atoms with Crippen LogP contribution in [0.15, 0.2) is 0 Å². The van der Waals surface area contributed by atoms with Crippen molar-refractivity contribution >= 4 is 6.03 Å². The molecule has 0 rings (SSSR count). The van der Waals surface area contributed by atoms with Crippen LogP contribution in [0.3, 0.4) is 0 Å². The van der Waals surface area contributed by atoms with Gasteiger partial charge in [-0.25, -0.2) is 10.6 Å². The molecular weight excluding hydrogens is 175 g/mol. The van der Waals surface area contributed by atoms with Crippen molar-refractivity contribution in [1.82, 2.24) is 10.7 Å². The number of halogens is 3. The second-order valence-electron chi connectivity index (χ2n) is 2.34. The van der Waals surface area contributed by atoms with Crippen LogP contribution in [0.1, 0.15) is 13.3 Å². The second kappa shape index (κ2) is 4.15. The van der Waals surface area contributed by atoms with Gasteiger partial charge in [0.25, 0.3) is 0 Å². The third kappa shape index (κ3) is 5.78. The summed E-state index contributed by atoms with van der Waals surface area (Å²) in [5.41, 5.74) is 1.66. The summed E-state index contributed by atoms with van der Waals surface area (Å²) >= 11 is 0. The Balaban J connectivity index is 3.74. The Bertz CT molecular complexity index is 159. The Morgan fingerprint density at radius 1 is 1.58 bits per heavy atom. The topological polar surface area (TPSA) is 67.2 Å². The number of rotatable bonds is 2. The minimum atomic E-state index is -4.28. The van der Waals surface area contributed by atoms with Crippen LogP contribution in [0, 0.1) is 0 Å². The van der Waals surface area contributed by atoms with Crippen LogP contribution in [-0.2, 0) is 0 Å². The lowest BCUT2D eigenvalue weighted by Crippen LogP contribution is -2.45. The van der Waals surface area contributed by atoms with Gasteiger partial charge in [0.2, 0.25) is 0 Å². The number of amides is 2. The Kier molecular flexibility index (Phi) is 3.81. The molecule has 4 N–H and O–H groups in total. The monoisotopic (exact) mass is 185 g/mol. The van der Waals surface area contributed by atoms with Crippen molar-refractivity contribution in [3.05, 3.63) is 0 Å². The molecule has 0 aliphatic rings. The molecule has 72 valence electrons. The Hall–Kier alpha value is -0.980. The molecule has 0 bridgehead atoms. The third-order valence-corrected chi connectivity index (χ3v) is 1.05. The highest BCUT2D eigenvalue weighted by Crippen LogP contribution is 2.20. The van der Waals surface area contributed by atoms with Crippen LogP contribution < -0.4 is 16.6 Å². The van der Waals surface area contributed by atoms with E-state index in [1.165, 1.54) is 6.92 Å². The molecule has 0 saturated heterocycles. The number of hydrazine groups is 1. The average Bonchev–Trinajstić information content (AvgIpc) is 1.82. The molecule has 0 aromatic rings. The molecule has 1 unspecified atom stereocenters. The number of nitrogens with one attached hydrogen (secondary N) is 2. The van der Waals surface area contributed by atoms with Crippen LogP contribution in [0.5, 0.6) is 0 Å². The standard InChI is InChI=1S/C5H10F3N3O/c1-3(2-5(6,7)8)10-4(12)11-9/h3H,2,9H2,1H3,(H2,10,11,12). The van der Waals surface area contributed by atoms with Crippen LogP contribution in [-0.4, -0.2) is 18.2 Å². The Morgan fingerprint density at radius 2 is 2.08 bits per heavy atom. The zero-order chi connectivity index (χ0) is 9.78. The van der Waals surface area contributed by atoms with E-state index in [4.69, 9.17) is 0 Å². The smallest absolute Gasteiger partial charge is 0.334 e. The SMILES string of the molecule is CC(CC(F)(F)F)NC(=O)NN. The van der Waals surface area contributed by atoms with Crippen molar-refractivity contribution in [2.24, 2.45) is 5.84 Å². The summed E-state index contributed by atoms with van der Waals surface area (Å²) in [6.07, 6.45) is -5.35. The highest BCUT2D eigenvalue weighted by Gasteiger charge is 2.30. The molecule has 0 saturated carbocycles. The number of hydrogen-bond acceptors (Lipinski definition) is 2. The Labute approximate surface area is 67.3 Å². The highest BCUT2D eigenvalue weighted by atomic mass is 19.4. The molecule has 7 heteroatoms. The number of nitrogens with two attached hydrogens (primary N) is 1. The molecule has 2 amide bonds. The van der Waals surface area contributed by atoms with Crippen molar-refractivity contribution in [3.8, 4) is 0 Å². The first-order valence-electron chi connectivity index (χ1n) is 3.19. The molecule has 0 heterocycles. The van der Waals surface area contributed by atoms with Crippen LogP contribution in [0.25, 0.3) is 0 Å². The second-order valence-corrected chi connectivity index (χ2v) is 2.34. The average molecular weight is 185 g/mol. The Morgan fingerprint density at radius 3 is 2.42 bits per heavy atom. The predicted octanol–water partition coefficient (Wildman–Crippen LogP) is 0.500. The van der Waals surface area contributed by atoms with E-state index >= 15 is 0 Å². The molecule has 0 aliphatic carbocycles. The fourth-order valence-electron chi connectivity index (χ4n) is 0.664. The molecule has 1 atom stereocenters. The fourth-order valence-corrected chi connectivity index (χ4v) is 0.664. The molecule has 0 radical (unpaired) electrons. The van der Waals surface area contributed by atoms with Gasteiger partial charge >= 0.3 is 12.2 Å². The number of alkyl halides is 3. The lowest BCUT2D eigenvalue weighted by molar-refractivity contribution is -0.138. The van der Waals surface area contributed by atoms with Crippen molar-refractivity contribution in [1.29, 1.82) is 0 Å². The van der Waals surface area contributed by atoms with Crippen molar-refractivity contribution < 1.29 is 18.0 Å². The van der Waals surface area contributed by atoms with Crippen molar-refractivity contribution in [3.63, 3.8) is 0 Å². The van der Waals surface area contributed by atoms with E-state index in [0.717, 1.165) is 0 Å². The number of hydrogen-bond donors (Lipinski definition) is 3. The summed E-state index contributed by atoms with van der Waals surface area (Å²) in [5.74, 6) is 4.64. The number of carbonyl (C=O) groups is 1. The molecule has 0 spiro atoms. The van der Waals surface area contributed by atoms with E-state index in [9.17, 15) is 18.0 Å². The molecule has 0 aliphatic heterocycles. The summed E-state index contributed by atoms with van der Waals surface area (Å²) in [6.45, 7) is 1.24.